The Morgan fingerprint density at radius 1 is 1.00 bits per heavy atom. The Balaban J connectivity index is 1.95. The van der Waals surface area contributed by atoms with Gasteiger partial charge in [-0.05, 0) is 32.2 Å². The Kier molecular flexibility index (Phi) is 10.3. The third-order valence-corrected chi connectivity index (χ3v) is 3.27. The van der Waals surface area contributed by atoms with Crippen LogP contribution in [-0.4, -0.2) is 62.9 Å². The summed E-state index contributed by atoms with van der Waals surface area (Å²) < 4.78 is 15.1. The first-order chi connectivity index (χ1) is 10.7. The molecule has 1 aliphatic rings. The van der Waals surface area contributed by atoms with E-state index in [1.807, 2.05) is 6.92 Å². The first kappa shape index (κ1) is 18.6. The van der Waals surface area contributed by atoms with Gasteiger partial charge in [0.1, 0.15) is 0 Å². The number of morpholine rings is 1. The minimum Gasteiger partial charge on any atom is -0.463 e. The van der Waals surface area contributed by atoms with Gasteiger partial charge in [-0.1, -0.05) is 6.92 Å². The number of ether oxygens (including phenoxy) is 3. The van der Waals surface area contributed by atoms with Crippen LogP contribution in [0.3, 0.4) is 0 Å². The lowest BCUT2D eigenvalue weighted by Gasteiger charge is -2.26. The first-order valence-electron chi connectivity index (χ1n) is 8.04. The van der Waals surface area contributed by atoms with Crippen molar-refractivity contribution in [2.45, 2.75) is 32.6 Å². The minimum atomic E-state index is -0.510. The number of carbonyl (C=O) groups is 2. The molecule has 0 N–H and O–H groups in total. The van der Waals surface area contributed by atoms with E-state index in [0.717, 1.165) is 70.7 Å². The van der Waals surface area contributed by atoms with Crippen LogP contribution >= 0.6 is 0 Å². The number of hydrogen-bond donors (Lipinski definition) is 0. The average molecular weight is 313 g/mol. The fraction of sp³-hybridized carbons (Fsp3) is 0.750. The minimum absolute atomic E-state index is 0.362. The molecule has 0 saturated carbocycles. The van der Waals surface area contributed by atoms with Gasteiger partial charge in [0.05, 0.1) is 26.4 Å². The van der Waals surface area contributed by atoms with Crippen LogP contribution in [0.4, 0.5) is 0 Å². The molecule has 22 heavy (non-hydrogen) atoms. The maximum absolute atomic E-state index is 11.4. The van der Waals surface area contributed by atoms with Gasteiger partial charge in [-0.25, -0.2) is 9.59 Å². The number of carbonyl (C=O) groups excluding carboxylic acids is 2. The monoisotopic (exact) mass is 313 g/mol. The third-order valence-electron chi connectivity index (χ3n) is 3.27. The molecule has 1 heterocycles. The van der Waals surface area contributed by atoms with E-state index in [4.69, 9.17) is 14.2 Å². The highest BCUT2D eigenvalue weighted by Gasteiger charge is 2.09. The van der Waals surface area contributed by atoms with Gasteiger partial charge < -0.3 is 14.2 Å². The molecule has 1 aliphatic heterocycles. The molecule has 0 aromatic rings. The van der Waals surface area contributed by atoms with Crippen LogP contribution in [0, 0.1) is 0 Å². The highest BCUT2D eigenvalue weighted by Crippen LogP contribution is 2.02. The molecule has 0 amide bonds. The van der Waals surface area contributed by atoms with E-state index in [-0.39, 0.29) is 0 Å². The normalized spacial score (nSPS) is 15.9. The van der Waals surface area contributed by atoms with Gasteiger partial charge in [-0.3, -0.25) is 4.90 Å². The van der Waals surface area contributed by atoms with Gasteiger partial charge in [0.2, 0.25) is 0 Å². The van der Waals surface area contributed by atoms with Crippen LogP contribution in [0.2, 0.25) is 0 Å². The molecule has 0 bridgehead atoms. The van der Waals surface area contributed by atoms with Crippen molar-refractivity contribution < 1.29 is 23.8 Å². The van der Waals surface area contributed by atoms with E-state index >= 15 is 0 Å². The second kappa shape index (κ2) is 12.2. The molecule has 1 fully saturated rings. The molecule has 6 nitrogen and oxygen atoms in total. The Bertz CT molecular complexity index is 350. The van der Waals surface area contributed by atoms with E-state index in [9.17, 15) is 9.59 Å². The molecule has 0 aromatic carbocycles. The van der Waals surface area contributed by atoms with Crippen molar-refractivity contribution in [1.82, 2.24) is 4.90 Å². The van der Waals surface area contributed by atoms with Crippen LogP contribution in [-0.2, 0) is 23.8 Å². The standard InChI is InChI=1S/C16H27NO5/c1-2-11-21-15(18)6-7-16(19)22-12-5-3-4-8-17-9-13-20-14-10-17/h6-7H,2-5,8-14H2,1H3. The number of hydrogen-bond acceptors (Lipinski definition) is 6. The Morgan fingerprint density at radius 3 is 2.27 bits per heavy atom. The molecular weight excluding hydrogens is 286 g/mol. The quantitative estimate of drug-likeness (QED) is 0.346. The zero-order chi connectivity index (χ0) is 16.0. The van der Waals surface area contributed by atoms with Crippen LogP contribution in [0.5, 0.6) is 0 Å². The molecule has 0 atom stereocenters. The largest absolute Gasteiger partial charge is 0.463 e. The summed E-state index contributed by atoms with van der Waals surface area (Å²) in [5.41, 5.74) is 0. The summed E-state index contributed by atoms with van der Waals surface area (Å²) in [6, 6.07) is 0. The summed E-state index contributed by atoms with van der Waals surface area (Å²) >= 11 is 0. The molecule has 0 spiro atoms. The lowest BCUT2D eigenvalue weighted by molar-refractivity contribution is -0.140. The van der Waals surface area contributed by atoms with Gasteiger partial charge in [-0.15, -0.1) is 0 Å². The predicted molar refractivity (Wildman–Crippen MR) is 82.5 cm³/mol. The Morgan fingerprint density at radius 2 is 1.64 bits per heavy atom. The molecule has 0 aliphatic carbocycles. The van der Waals surface area contributed by atoms with Gasteiger partial charge in [0.25, 0.3) is 0 Å². The Labute approximate surface area is 132 Å². The third kappa shape index (κ3) is 9.52. The van der Waals surface area contributed by atoms with E-state index < -0.39 is 11.9 Å². The first-order valence-corrected chi connectivity index (χ1v) is 8.04. The highest BCUT2D eigenvalue weighted by atomic mass is 16.5. The van der Waals surface area contributed by atoms with Gasteiger partial charge >= 0.3 is 11.9 Å². The van der Waals surface area contributed by atoms with Crippen LogP contribution in [0.1, 0.15) is 32.6 Å². The fourth-order valence-electron chi connectivity index (χ4n) is 2.05. The summed E-state index contributed by atoms with van der Waals surface area (Å²) in [6.07, 6.45) is 5.93. The molecule has 1 saturated heterocycles. The van der Waals surface area contributed by atoms with E-state index in [1.54, 1.807) is 0 Å². The zero-order valence-corrected chi connectivity index (χ0v) is 13.4. The lowest BCUT2D eigenvalue weighted by atomic mass is 10.2. The molecule has 126 valence electrons. The number of rotatable bonds is 10. The van der Waals surface area contributed by atoms with Crippen molar-refractivity contribution in [2.75, 3.05) is 46.1 Å². The summed E-state index contributed by atoms with van der Waals surface area (Å²) in [4.78, 5) is 24.9. The van der Waals surface area contributed by atoms with Crippen LogP contribution in [0.15, 0.2) is 12.2 Å². The second-order valence-electron chi connectivity index (χ2n) is 5.18. The highest BCUT2D eigenvalue weighted by molar-refractivity contribution is 5.91. The van der Waals surface area contributed by atoms with Gasteiger partial charge in [0.15, 0.2) is 0 Å². The van der Waals surface area contributed by atoms with E-state index in [1.165, 1.54) is 0 Å². The number of nitrogens with zero attached hydrogens (tertiary/aromatic N) is 1. The maximum Gasteiger partial charge on any atom is 0.331 e. The molecule has 6 heteroatoms. The SMILES string of the molecule is CCCOC(=O)C=CC(=O)OCCCCCN1CCOCC1. The van der Waals surface area contributed by atoms with Crippen molar-refractivity contribution in [3.8, 4) is 0 Å². The summed E-state index contributed by atoms with van der Waals surface area (Å²) in [7, 11) is 0. The average Bonchev–Trinajstić information content (AvgIpc) is 2.55. The van der Waals surface area contributed by atoms with E-state index in [2.05, 4.69) is 4.90 Å². The van der Waals surface area contributed by atoms with Crippen molar-refractivity contribution >= 4 is 11.9 Å². The molecule has 0 unspecified atom stereocenters. The maximum atomic E-state index is 11.4. The van der Waals surface area contributed by atoms with Crippen LogP contribution in [0.25, 0.3) is 0 Å². The van der Waals surface area contributed by atoms with Crippen molar-refractivity contribution in [3.05, 3.63) is 12.2 Å². The topological polar surface area (TPSA) is 65.1 Å². The van der Waals surface area contributed by atoms with Gasteiger partial charge in [0, 0.05) is 25.2 Å². The summed E-state index contributed by atoms with van der Waals surface area (Å²) in [6.45, 7) is 7.39. The molecule has 1 rings (SSSR count). The number of esters is 2. The van der Waals surface area contributed by atoms with Crippen LogP contribution < -0.4 is 0 Å². The zero-order valence-electron chi connectivity index (χ0n) is 13.4. The molecule has 0 radical (unpaired) electrons. The second-order valence-corrected chi connectivity index (χ2v) is 5.18. The van der Waals surface area contributed by atoms with Crippen molar-refractivity contribution in [1.29, 1.82) is 0 Å². The molecular formula is C16H27NO5. The smallest absolute Gasteiger partial charge is 0.331 e. The van der Waals surface area contributed by atoms with Crippen molar-refractivity contribution in [2.24, 2.45) is 0 Å². The summed E-state index contributed by atoms with van der Waals surface area (Å²) in [5.74, 6) is -1.01. The van der Waals surface area contributed by atoms with Crippen molar-refractivity contribution in [3.63, 3.8) is 0 Å². The number of unbranched alkanes of at least 4 members (excludes halogenated alkanes) is 2. The fourth-order valence-corrected chi connectivity index (χ4v) is 2.05. The summed E-state index contributed by atoms with van der Waals surface area (Å²) in [5, 5.41) is 0. The van der Waals surface area contributed by atoms with E-state index in [0.29, 0.717) is 13.2 Å². The molecule has 0 aromatic heterocycles. The predicted octanol–water partition coefficient (Wildman–Crippen LogP) is 1.54. The van der Waals surface area contributed by atoms with Gasteiger partial charge in [-0.2, -0.15) is 0 Å². The lowest BCUT2D eigenvalue weighted by Crippen LogP contribution is -2.36. The Hall–Kier alpha value is -1.40.